The zero-order valence-corrected chi connectivity index (χ0v) is 7.79. The molecular formula is C10H14S. The second-order valence-corrected chi connectivity index (χ2v) is 3.78. The van der Waals surface area contributed by atoms with Gasteiger partial charge >= 0.3 is 0 Å². The van der Waals surface area contributed by atoms with Gasteiger partial charge in [-0.3, -0.25) is 0 Å². The molecule has 0 aromatic heterocycles. The number of thioether (sulfide) groups is 1. The summed E-state index contributed by atoms with van der Waals surface area (Å²) in [7, 11) is 0. The molecule has 0 N–H and O–H groups in total. The third kappa shape index (κ3) is 3.50. The van der Waals surface area contributed by atoms with Gasteiger partial charge in [-0.05, 0) is 37.2 Å². The summed E-state index contributed by atoms with van der Waals surface area (Å²) < 4.78 is 0. The molecule has 1 aliphatic rings. The summed E-state index contributed by atoms with van der Waals surface area (Å²) >= 11 is 1.86. The Hall–Kier alpha value is -0.390. The van der Waals surface area contributed by atoms with E-state index in [9.17, 15) is 0 Å². The van der Waals surface area contributed by atoms with Crippen LogP contribution in [0.1, 0.15) is 26.2 Å². The van der Waals surface area contributed by atoms with E-state index in [0.29, 0.717) is 0 Å². The van der Waals surface area contributed by atoms with Crippen LogP contribution in [0.15, 0.2) is 28.9 Å². The van der Waals surface area contributed by atoms with Crippen molar-refractivity contribution >= 4 is 11.8 Å². The van der Waals surface area contributed by atoms with Crippen molar-refractivity contribution in [3.8, 4) is 0 Å². The van der Waals surface area contributed by atoms with Gasteiger partial charge in [-0.25, -0.2) is 0 Å². The molecule has 0 radical (unpaired) electrons. The van der Waals surface area contributed by atoms with E-state index < -0.39 is 0 Å². The van der Waals surface area contributed by atoms with Gasteiger partial charge in [-0.1, -0.05) is 13.0 Å². The normalized spacial score (nSPS) is 20.3. The van der Waals surface area contributed by atoms with Crippen molar-refractivity contribution in [2.45, 2.75) is 26.2 Å². The fraction of sp³-hybridized carbons (Fsp3) is 0.500. The van der Waals surface area contributed by atoms with Crippen molar-refractivity contribution in [3.05, 3.63) is 28.9 Å². The number of hydrogen-bond acceptors (Lipinski definition) is 1. The molecule has 1 rings (SSSR count). The van der Waals surface area contributed by atoms with Crippen LogP contribution in [-0.4, -0.2) is 5.75 Å². The van der Waals surface area contributed by atoms with Crippen LogP contribution in [0.2, 0.25) is 0 Å². The molecule has 0 nitrogen and oxygen atoms in total. The van der Waals surface area contributed by atoms with E-state index in [0.717, 1.165) is 5.75 Å². The van der Waals surface area contributed by atoms with Crippen molar-refractivity contribution in [1.82, 2.24) is 0 Å². The molecule has 0 atom stereocenters. The minimum Gasteiger partial charge on any atom is -0.118 e. The lowest BCUT2D eigenvalue weighted by molar-refractivity contribution is 0.866. The largest absolute Gasteiger partial charge is 0.118 e. The van der Waals surface area contributed by atoms with Crippen LogP contribution in [0.25, 0.3) is 0 Å². The predicted molar refractivity (Wildman–Crippen MR) is 52.7 cm³/mol. The number of allylic oxidation sites excluding steroid dienone is 2. The lowest BCUT2D eigenvalue weighted by Gasteiger charge is -1.97. The molecule has 0 aromatic rings. The van der Waals surface area contributed by atoms with Gasteiger partial charge in [0.2, 0.25) is 0 Å². The fourth-order valence-corrected chi connectivity index (χ4v) is 1.66. The first-order chi connectivity index (χ1) is 5.43. The van der Waals surface area contributed by atoms with Gasteiger partial charge in [0.05, 0.1) is 0 Å². The first kappa shape index (κ1) is 8.70. The van der Waals surface area contributed by atoms with E-state index in [1.807, 2.05) is 11.8 Å². The summed E-state index contributed by atoms with van der Waals surface area (Å²) in [6.07, 6.45) is 10.3. The molecule has 0 amide bonds. The molecular weight excluding hydrogens is 152 g/mol. The molecule has 0 aliphatic heterocycles. The highest BCUT2D eigenvalue weighted by atomic mass is 32.2. The molecule has 11 heavy (non-hydrogen) atoms. The Morgan fingerprint density at radius 2 is 2.45 bits per heavy atom. The van der Waals surface area contributed by atoms with Gasteiger partial charge in [-0.2, -0.15) is 0 Å². The average molecular weight is 166 g/mol. The molecule has 60 valence electrons. The molecule has 0 fully saturated rings. The first-order valence-corrected chi connectivity index (χ1v) is 5.16. The van der Waals surface area contributed by atoms with E-state index in [1.54, 1.807) is 0 Å². The topological polar surface area (TPSA) is 0 Å². The van der Waals surface area contributed by atoms with Crippen molar-refractivity contribution in [2.24, 2.45) is 0 Å². The Balaban J connectivity index is 2.62. The molecule has 0 heterocycles. The molecule has 1 aliphatic carbocycles. The number of hydrogen-bond donors (Lipinski definition) is 0. The van der Waals surface area contributed by atoms with E-state index >= 15 is 0 Å². The van der Waals surface area contributed by atoms with Gasteiger partial charge in [0, 0.05) is 4.91 Å². The molecule has 0 aromatic carbocycles. The third-order valence-electron chi connectivity index (χ3n) is 1.53. The van der Waals surface area contributed by atoms with Crippen molar-refractivity contribution < 1.29 is 0 Å². The van der Waals surface area contributed by atoms with Crippen molar-refractivity contribution in [2.75, 3.05) is 5.75 Å². The Morgan fingerprint density at radius 1 is 1.55 bits per heavy atom. The van der Waals surface area contributed by atoms with Gasteiger partial charge in [0.15, 0.2) is 0 Å². The highest BCUT2D eigenvalue weighted by Gasteiger charge is 1.91. The summed E-state index contributed by atoms with van der Waals surface area (Å²) in [5.41, 5.74) is 3.29. The molecule has 0 bridgehead atoms. The van der Waals surface area contributed by atoms with Crippen LogP contribution < -0.4 is 0 Å². The highest BCUT2D eigenvalue weighted by Crippen LogP contribution is 2.17. The van der Waals surface area contributed by atoms with E-state index in [1.165, 1.54) is 24.2 Å². The van der Waals surface area contributed by atoms with Crippen LogP contribution in [0, 0.1) is 0 Å². The maximum Gasteiger partial charge on any atom is 0.0485 e. The second-order valence-electron chi connectivity index (χ2n) is 2.48. The summed E-state index contributed by atoms with van der Waals surface area (Å²) in [5, 5.41) is 0. The standard InChI is InChI=1S/C10H14S/c1-2-11-10-8-6-4-3-5-7-9-10/h6-8H,2-5H2,1H3/b8-6-. The molecule has 1 heteroatoms. The lowest BCUT2D eigenvalue weighted by Crippen LogP contribution is -1.76. The average Bonchev–Trinajstić information content (AvgIpc) is 1.94. The van der Waals surface area contributed by atoms with E-state index in [2.05, 4.69) is 30.9 Å². The maximum absolute atomic E-state index is 3.29. The molecule has 0 spiro atoms. The van der Waals surface area contributed by atoms with Gasteiger partial charge < -0.3 is 0 Å². The van der Waals surface area contributed by atoms with Gasteiger partial charge in [0.25, 0.3) is 0 Å². The van der Waals surface area contributed by atoms with Crippen LogP contribution in [-0.2, 0) is 0 Å². The smallest absolute Gasteiger partial charge is 0.0485 e. The summed E-state index contributed by atoms with van der Waals surface area (Å²) in [5.74, 6) is 1.14. The zero-order chi connectivity index (χ0) is 7.94. The second kappa shape index (κ2) is 5.29. The minimum atomic E-state index is 1.14. The Labute approximate surface area is 73.1 Å². The third-order valence-corrected chi connectivity index (χ3v) is 2.39. The van der Waals surface area contributed by atoms with Crippen LogP contribution >= 0.6 is 11.8 Å². The Morgan fingerprint density at radius 3 is 3.27 bits per heavy atom. The minimum absolute atomic E-state index is 1.14. The van der Waals surface area contributed by atoms with E-state index in [-0.39, 0.29) is 0 Å². The quantitative estimate of drug-likeness (QED) is 0.566. The lowest BCUT2D eigenvalue weighted by atomic mass is 10.2. The zero-order valence-electron chi connectivity index (χ0n) is 6.97. The van der Waals surface area contributed by atoms with Crippen molar-refractivity contribution in [1.29, 1.82) is 0 Å². The maximum atomic E-state index is 3.29. The molecule has 0 saturated heterocycles. The fourth-order valence-electron chi connectivity index (χ4n) is 0.994. The van der Waals surface area contributed by atoms with Crippen LogP contribution in [0.3, 0.4) is 0 Å². The van der Waals surface area contributed by atoms with Gasteiger partial charge in [0.1, 0.15) is 0 Å². The summed E-state index contributed by atoms with van der Waals surface area (Å²) in [6, 6.07) is 0. The number of rotatable bonds is 2. The van der Waals surface area contributed by atoms with E-state index in [4.69, 9.17) is 0 Å². The highest BCUT2D eigenvalue weighted by molar-refractivity contribution is 8.03. The monoisotopic (exact) mass is 166 g/mol. The Bertz CT molecular complexity index is 195. The molecule has 0 saturated carbocycles. The van der Waals surface area contributed by atoms with Crippen LogP contribution in [0.5, 0.6) is 0 Å². The predicted octanol–water partition coefficient (Wildman–Crippen LogP) is 3.52. The summed E-state index contributed by atoms with van der Waals surface area (Å²) in [4.78, 5) is 1.28. The first-order valence-electron chi connectivity index (χ1n) is 4.18. The Kier molecular flexibility index (Phi) is 4.18. The van der Waals surface area contributed by atoms with Crippen molar-refractivity contribution in [3.63, 3.8) is 0 Å². The SMILES string of the molecule is CCSC1=C=CCCC/C=C\1. The van der Waals surface area contributed by atoms with Crippen LogP contribution in [0.4, 0.5) is 0 Å². The molecule has 0 unspecified atom stereocenters. The summed E-state index contributed by atoms with van der Waals surface area (Å²) in [6.45, 7) is 2.17. The van der Waals surface area contributed by atoms with Gasteiger partial charge in [-0.15, -0.1) is 17.5 Å².